The van der Waals surface area contributed by atoms with Crippen LogP contribution in [0.5, 0.6) is 5.75 Å². The van der Waals surface area contributed by atoms with E-state index in [2.05, 4.69) is 4.98 Å². The van der Waals surface area contributed by atoms with Crippen LogP contribution in [-0.4, -0.2) is 16.1 Å². The Balaban J connectivity index is 2.09. The van der Waals surface area contributed by atoms with E-state index in [1.54, 1.807) is 18.3 Å². The van der Waals surface area contributed by atoms with Crippen molar-refractivity contribution in [2.45, 2.75) is 13.5 Å². The minimum atomic E-state index is -0.963. The summed E-state index contributed by atoms with van der Waals surface area (Å²) in [6, 6.07) is 10.2. The molecule has 0 aliphatic heterocycles. The van der Waals surface area contributed by atoms with Crippen LogP contribution in [0.25, 0.3) is 0 Å². The van der Waals surface area contributed by atoms with E-state index >= 15 is 0 Å². The molecule has 0 bridgehead atoms. The first kappa shape index (κ1) is 12.1. The molecule has 0 saturated heterocycles. The smallest absolute Gasteiger partial charge is 0.335 e. The zero-order chi connectivity index (χ0) is 13.0. The lowest BCUT2D eigenvalue weighted by molar-refractivity contribution is 0.0696. The highest BCUT2D eigenvalue weighted by molar-refractivity contribution is 5.87. The van der Waals surface area contributed by atoms with Crippen molar-refractivity contribution in [3.05, 3.63) is 59.4 Å². The van der Waals surface area contributed by atoms with Crippen molar-refractivity contribution >= 4 is 5.97 Å². The zero-order valence-electron chi connectivity index (χ0n) is 9.96. The lowest BCUT2D eigenvalue weighted by Crippen LogP contribution is -2.02. The fraction of sp³-hybridized carbons (Fsp3) is 0.143. The standard InChI is InChI=1S/C14H13NO3/c1-10-4-3-7-15-13(10)9-18-12-6-2-5-11(8-12)14(16)17/h2-8H,9H2,1H3,(H,16,17). The summed E-state index contributed by atoms with van der Waals surface area (Å²) >= 11 is 0. The quantitative estimate of drug-likeness (QED) is 0.896. The Morgan fingerprint density at radius 2 is 2.17 bits per heavy atom. The molecule has 0 aliphatic carbocycles. The number of aryl methyl sites for hydroxylation is 1. The Morgan fingerprint density at radius 3 is 2.89 bits per heavy atom. The van der Waals surface area contributed by atoms with Gasteiger partial charge in [0.05, 0.1) is 11.3 Å². The van der Waals surface area contributed by atoms with Crippen molar-refractivity contribution in [1.82, 2.24) is 4.98 Å². The highest BCUT2D eigenvalue weighted by atomic mass is 16.5. The van der Waals surface area contributed by atoms with E-state index in [0.29, 0.717) is 12.4 Å². The average molecular weight is 243 g/mol. The van der Waals surface area contributed by atoms with Crippen molar-refractivity contribution < 1.29 is 14.6 Å². The third kappa shape index (κ3) is 2.85. The summed E-state index contributed by atoms with van der Waals surface area (Å²) in [4.78, 5) is 15.0. The Hall–Kier alpha value is -2.36. The average Bonchev–Trinajstić information content (AvgIpc) is 2.38. The first-order valence-corrected chi connectivity index (χ1v) is 5.53. The summed E-state index contributed by atoms with van der Waals surface area (Å²) in [7, 11) is 0. The van der Waals surface area contributed by atoms with Crippen molar-refractivity contribution in [2.24, 2.45) is 0 Å². The van der Waals surface area contributed by atoms with E-state index in [-0.39, 0.29) is 5.56 Å². The van der Waals surface area contributed by atoms with Crippen LogP contribution in [-0.2, 0) is 6.61 Å². The predicted octanol–water partition coefficient (Wildman–Crippen LogP) is 2.67. The SMILES string of the molecule is Cc1cccnc1COc1cccc(C(=O)O)c1. The molecule has 0 spiro atoms. The molecule has 1 aromatic carbocycles. The lowest BCUT2D eigenvalue weighted by atomic mass is 10.2. The second-order valence-electron chi connectivity index (χ2n) is 3.89. The van der Waals surface area contributed by atoms with Gasteiger partial charge < -0.3 is 9.84 Å². The van der Waals surface area contributed by atoms with Crippen molar-refractivity contribution in [3.63, 3.8) is 0 Å². The number of hydrogen-bond donors (Lipinski definition) is 1. The van der Waals surface area contributed by atoms with Crippen molar-refractivity contribution in [1.29, 1.82) is 0 Å². The summed E-state index contributed by atoms with van der Waals surface area (Å²) in [6.45, 7) is 2.29. The molecular weight excluding hydrogens is 230 g/mol. The Labute approximate surface area is 105 Å². The van der Waals surface area contributed by atoms with Gasteiger partial charge in [-0.3, -0.25) is 4.98 Å². The van der Waals surface area contributed by atoms with Crippen LogP contribution in [0.1, 0.15) is 21.6 Å². The van der Waals surface area contributed by atoms with Gasteiger partial charge in [0, 0.05) is 6.20 Å². The van der Waals surface area contributed by atoms with Gasteiger partial charge in [0.1, 0.15) is 12.4 Å². The molecule has 92 valence electrons. The third-order valence-electron chi connectivity index (χ3n) is 2.57. The summed E-state index contributed by atoms with van der Waals surface area (Å²) in [6.07, 6.45) is 1.71. The molecule has 0 radical (unpaired) electrons. The van der Waals surface area contributed by atoms with E-state index in [9.17, 15) is 4.79 Å². The summed E-state index contributed by atoms with van der Waals surface area (Å²) in [5.74, 6) is -0.436. The molecule has 1 aromatic heterocycles. The molecule has 2 aromatic rings. The highest BCUT2D eigenvalue weighted by Crippen LogP contribution is 2.15. The van der Waals surface area contributed by atoms with Gasteiger partial charge in [-0.1, -0.05) is 12.1 Å². The van der Waals surface area contributed by atoms with Gasteiger partial charge in [0.15, 0.2) is 0 Å². The second kappa shape index (κ2) is 5.31. The monoisotopic (exact) mass is 243 g/mol. The minimum absolute atomic E-state index is 0.213. The molecule has 4 nitrogen and oxygen atoms in total. The number of carbonyl (C=O) groups is 1. The number of aromatic carboxylic acids is 1. The number of benzene rings is 1. The van der Waals surface area contributed by atoms with Gasteiger partial charge in [0.25, 0.3) is 0 Å². The van der Waals surface area contributed by atoms with Crippen molar-refractivity contribution in [2.75, 3.05) is 0 Å². The van der Waals surface area contributed by atoms with Crippen LogP contribution in [0.15, 0.2) is 42.6 Å². The molecule has 2 rings (SSSR count). The first-order valence-electron chi connectivity index (χ1n) is 5.53. The molecule has 1 heterocycles. The van der Waals surface area contributed by atoms with E-state index < -0.39 is 5.97 Å². The number of hydrogen-bond acceptors (Lipinski definition) is 3. The minimum Gasteiger partial charge on any atom is -0.487 e. The molecular formula is C14H13NO3. The summed E-state index contributed by atoms with van der Waals surface area (Å²) in [5.41, 5.74) is 2.11. The van der Waals surface area contributed by atoms with Gasteiger partial charge in [-0.15, -0.1) is 0 Å². The largest absolute Gasteiger partial charge is 0.487 e. The van der Waals surface area contributed by atoms with E-state index in [1.165, 1.54) is 12.1 Å². The van der Waals surface area contributed by atoms with Gasteiger partial charge in [-0.05, 0) is 36.8 Å². The van der Waals surface area contributed by atoms with E-state index in [1.807, 2.05) is 19.1 Å². The number of carboxylic acids is 1. The lowest BCUT2D eigenvalue weighted by Gasteiger charge is -2.08. The maximum Gasteiger partial charge on any atom is 0.335 e. The van der Waals surface area contributed by atoms with Gasteiger partial charge in [-0.2, -0.15) is 0 Å². The first-order chi connectivity index (χ1) is 8.66. The zero-order valence-corrected chi connectivity index (χ0v) is 9.96. The number of ether oxygens (including phenoxy) is 1. The number of pyridine rings is 1. The molecule has 4 heteroatoms. The maximum atomic E-state index is 10.8. The van der Waals surface area contributed by atoms with Crippen LogP contribution in [0.3, 0.4) is 0 Å². The summed E-state index contributed by atoms with van der Waals surface area (Å²) in [5, 5.41) is 8.87. The van der Waals surface area contributed by atoms with E-state index in [0.717, 1.165) is 11.3 Å². The van der Waals surface area contributed by atoms with Crippen LogP contribution < -0.4 is 4.74 Å². The normalized spacial score (nSPS) is 10.1. The Morgan fingerprint density at radius 1 is 1.33 bits per heavy atom. The number of rotatable bonds is 4. The third-order valence-corrected chi connectivity index (χ3v) is 2.57. The fourth-order valence-corrected chi connectivity index (χ4v) is 1.54. The Kier molecular flexibility index (Phi) is 3.57. The number of nitrogens with zero attached hydrogens (tertiary/aromatic N) is 1. The number of aromatic nitrogens is 1. The fourth-order valence-electron chi connectivity index (χ4n) is 1.54. The van der Waals surface area contributed by atoms with Gasteiger partial charge >= 0.3 is 5.97 Å². The topological polar surface area (TPSA) is 59.4 Å². The molecule has 0 fully saturated rings. The maximum absolute atomic E-state index is 10.8. The molecule has 1 N–H and O–H groups in total. The molecule has 0 atom stereocenters. The molecule has 18 heavy (non-hydrogen) atoms. The summed E-state index contributed by atoms with van der Waals surface area (Å²) < 4.78 is 5.54. The van der Waals surface area contributed by atoms with Gasteiger partial charge in [0.2, 0.25) is 0 Å². The van der Waals surface area contributed by atoms with Crippen LogP contribution in [0, 0.1) is 6.92 Å². The predicted molar refractivity (Wildman–Crippen MR) is 66.7 cm³/mol. The van der Waals surface area contributed by atoms with Crippen molar-refractivity contribution in [3.8, 4) is 5.75 Å². The molecule has 0 unspecified atom stereocenters. The molecule has 0 aliphatic rings. The molecule has 0 amide bonds. The van der Waals surface area contributed by atoms with Crippen LogP contribution >= 0.6 is 0 Å². The Bertz CT molecular complexity index is 566. The van der Waals surface area contributed by atoms with Crippen LogP contribution in [0.4, 0.5) is 0 Å². The van der Waals surface area contributed by atoms with E-state index in [4.69, 9.17) is 9.84 Å². The number of carboxylic acid groups (broad SMARTS) is 1. The van der Waals surface area contributed by atoms with Gasteiger partial charge in [-0.25, -0.2) is 4.79 Å². The highest BCUT2D eigenvalue weighted by Gasteiger charge is 2.05. The second-order valence-corrected chi connectivity index (χ2v) is 3.89. The van der Waals surface area contributed by atoms with Crippen LogP contribution in [0.2, 0.25) is 0 Å². The molecule has 0 saturated carbocycles.